The van der Waals surface area contributed by atoms with Gasteiger partial charge in [0.15, 0.2) is 0 Å². The SMILES string of the molecule is Cc1ccc(CCC[Si](C)(C)c2ccc(CNC(=O)CCNC(=O)OCC3c4ccccc4-c4ccccc43)cc2)cc1. The van der Waals surface area contributed by atoms with Crippen molar-refractivity contribution in [1.29, 1.82) is 0 Å². The predicted molar refractivity (Wildman–Crippen MR) is 177 cm³/mol. The van der Waals surface area contributed by atoms with Crippen molar-refractivity contribution in [2.75, 3.05) is 13.2 Å². The van der Waals surface area contributed by atoms with Crippen LogP contribution in [-0.2, 0) is 22.5 Å². The third-order valence-electron chi connectivity index (χ3n) is 8.58. The quantitative estimate of drug-likeness (QED) is 0.173. The van der Waals surface area contributed by atoms with Gasteiger partial charge in [0.1, 0.15) is 6.61 Å². The van der Waals surface area contributed by atoms with Crippen LogP contribution in [-0.4, -0.2) is 33.2 Å². The van der Waals surface area contributed by atoms with Gasteiger partial charge in [-0.1, -0.05) is 133 Å². The zero-order chi connectivity index (χ0) is 30.2. The van der Waals surface area contributed by atoms with Gasteiger partial charge in [0.2, 0.25) is 5.91 Å². The molecule has 6 heteroatoms. The minimum atomic E-state index is -1.53. The molecule has 2 amide bonds. The molecule has 0 unspecified atom stereocenters. The van der Waals surface area contributed by atoms with Crippen molar-refractivity contribution in [3.63, 3.8) is 0 Å². The second kappa shape index (κ2) is 13.9. The maximum absolute atomic E-state index is 12.4. The van der Waals surface area contributed by atoms with Gasteiger partial charge in [-0.15, -0.1) is 0 Å². The maximum atomic E-state index is 12.4. The Morgan fingerprint density at radius 3 is 2.02 bits per heavy atom. The van der Waals surface area contributed by atoms with E-state index >= 15 is 0 Å². The molecular weight excluding hydrogens is 549 g/mol. The van der Waals surface area contributed by atoms with Gasteiger partial charge in [0.25, 0.3) is 0 Å². The number of hydrogen-bond donors (Lipinski definition) is 2. The van der Waals surface area contributed by atoms with Crippen LogP contribution in [0.2, 0.25) is 19.1 Å². The number of carbonyl (C=O) groups excluding carboxylic acids is 2. The molecule has 0 bridgehead atoms. The average molecular weight is 591 g/mol. The molecule has 0 aromatic heterocycles. The normalized spacial score (nSPS) is 12.3. The summed E-state index contributed by atoms with van der Waals surface area (Å²) in [6, 6.07) is 35.3. The standard InChI is InChI=1S/C37H42N2O3Si/c1-27-14-16-28(17-15-27)9-8-24-43(2,3)30-20-18-29(19-21-30)25-39-36(40)22-23-38-37(41)42-26-35-33-12-6-4-10-31(33)32-11-5-7-13-34(32)35/h4-7,10-21,35H,8-9,22-26H2,1-3H3,(H,38,41)(H,39,40). The Morgan fingerprint density at radius 1 is 0.767 bits per heavy atom. The number of alkyl carbamates (subject to hydrolysis) is 1. The van der Waals surface area contributed by atoms with E-state index in [0.29, 0.717) is 6.54 Å². The molecule has 0 saturated heterocycles. The fraction of sp³-hybridized carbons (Fsp3) is 0.297. The van der Waals surface area contributed by atoms with Crippen LogP contribution < -0.4 is 15.8 Å². The molecule has 0 spiro atoms. The number of rotatable bonds is 12. The van der Waals surface area contributed by atoms with Crippen LogP contribution >= 0.6 is 0 Å². The van der Waals surface area contributed by atoms with Crippen LogP contribution in [0, 0.1) is 6.92 Å². The summed E-state index contributed by atoms with van der Waals surface area (Å²) in [5, 5.41) is 7.13. The summed E-state index contributed by atoms with van der Waals surface area (Å²) in [5.41, 5.74) is 8.53. The zero-order valence-corrected chi connectivity index (χ0v) is 26.5. The number of amides is 2. The summed E-state index contributed by atoms with van der Waals surface area (Å²) in [7, 11) is -1.53. The minimum absolute atomic E-state index is 0.0137. The second-order valence-corrected chi connectivity index (χ2v) is 17.0. The number of benzene rings is 4. The Kier molecular flexibility index (Phi) is 9.78. The lowest BCUT2D eigenvalue weighted by atomic mass is 9.98. The highest BCUT2D eigenvalue weighted by molar-refractivity contribution is 6.89. The second-order valence-electron chi connectivity index (χ2n) is 12.2. The van der Waals surface area contributed by atoms with E-state index in [-0.39, 0.29) is 31.4 Å². The van der Waals surface area contributed by atoms with Crippen LogP contribution in [0.1, 0.15) is 46.6 Å². The van der Waals surface area contributed by atoms with Crippen LogP contribution in [0.5, 0.6) is 0 Å². The first-order valence-corrected chi connectivity index (χ1v) is 18.5. The van der Waals surface area contributed by atoms with Crippen LogP contribution in [0.3, 0.4) is 0 Å². The molecule has 0 saturated carbocycles. The summed E-state index contributed by atoms with van der Waals surface area (Å²) in [6.45, 7) is 7.95. The van der Waals surface area contributed by atoms with Gasteiger partial charge in [-0.25, -0.2) is 4.79 Å². The predicted octanol–water partition coefficient (Wildman–Crippen LogP) is 7.09. The fourth-order valence-corrected chi connectivity index (χ4v) is 8.34. The number of hydrogen-bond acceptors (Lipinski definition) is 3. The Balaban J connectivity index is 1.00. The van der Waals surface area contributed by atoms with E-state index < -0.39 is 14.2 Å². The van der Waals surface area contributed by atoms with Crippen molar-refractivity contribution in [3.05, 3.63) is 125 Å². The van der Waals surface area contributed by atoms with Crippen molar-refractivity contribution >= 4 is 25.3 Å². The van der Waals surface area contributed by atoms with E-state index in [1.807, 2.05) is 24.3 Å². The first-order chi connectivity index (χ1) is 20.8. The molecule has 4 aromatic rings. The van der Waals surface area contributed by atoms with E-state index in [2.05, 4.69) is 103 Å². The Hall–Kier alpha value is -4.16. The number of carbonyl (C=O) groups is 2. The molecule has 222 valence electrons. The molecule has 2 N–H and O–H groups in total. The van der Waals surface area contributed by atoms with Crippen LogP contribution in [0.15, 0.2) is 97.1 Å². The van der Waals surface area contributed by atoms with Gasteiger partial charge >= 0.3 is 6.09 Å². The highest BCUT2D eigenvalue weighted by Crippen LogP contribution is 2.44. The van der Waals surface area contributed by atoms with E-state index in [1.54, 1.807) is 0 Å². The topological polar surface area (TPSA) is 67.4 Å². The van der Waals surface area contributed by atoms with Crippen molar-refractivity contribution in [2.45, 2.75) is 57.8 Å². The van der Waals surface area contributed by atoms with Crippen molar-refractivity contribution in [2.24, 2.45) is 0 Å². The van der Waals surface area contributed by atoms with Gasteiger partial charge in [-0.3, -0.25) is 4.79 Å². The monoisotopic (exact) mass is 590 g/mol. The van der Waals surface area contributed by atoms with E-state index in [1.165, 1.54) is 51.0 Å². The molecule has 1 aliphatic rings. The lowest BCUT2D eigenvalue weighted by Gasteiger charge is -2.23. The Bertz CT molecular complexity index is 1500. The largest absolute Gasteiger partial charge is 0.449 e. The van der Waals surface area contributed by atoms with Crippen LogP contribution in [0.25, 0.3) is 11.1 Å². The van der Waals surface area contributed by atoms with Gasteiger partial charge in [-0.2, -0.15) is 0 Å². The van der Waals surface area contributed by atoms with Crippen molar-refractivity contribution in [3.8, 4) is 11.1 Å². The average Bonchev–Trinajstić information content (AvgIpc) is 3.34. The zero-order valence-electron chi connectivity index (χ0n) is 25.5. The van der Waals surface area contributed by atoms with Gasteiger partial charge in [0.05, 0.1) is 8.07 Å². The molecule has 0 atom stereocenters. The summed E-state index contributed by atoms with van der Waals surface area (Å²) < 4.78 is 5.56. The molecule has 4 aromatic carbocycles. The molecule has 5 rings (SSSR count). The summed E-state index contributed by atoms with van der Waals surface area (Å²) in [6.07, 6.45) is 2.01. The highest BCUT2D eigenvalue weighted by Gasteiger charge is 2.29. The van der Waals surface area contributed by atoms with Crippen molar-refractivity contribution in [1.82, 2.24) is 10.6 Å². The summed E-state index contributed by atoms with van der Waals surface area (Å²) >= 11 is 0. The minimum Gasteiger partial charge on any atom is -0.449 e. The van der Waals surface area contributed by atoms with Gasteiger partial charge in [0, 0.05) is 25.4 Å². The van der Waals surface area contributed by atoms with Crippen molar-refractivity contribution < 1.29 is 14.3 Å². The molecule has 0 heterocycles. The number of aryl methyl sites for hydroxylation is 2. The van der Waals surface area contributed by atoms with E-state index in [0.717, 1.165) is 12.0 Å². The number of fused-ring (bicyclic) bond motifs is 3. The van der Waals surface area contributed by atoms with Gasteiger partial charge < -0.3 is 15.4 Å². The molecule has 43 heavy (non-hydrogen) atoms. The number of ether oxygens (including phenoxy) is 1. The summed E-state index contributed by atoms with van der Waals surface area (Å²) in [5.74, 6) is -0.0893. The molecule has 0 radical (unpaired) electrons. The molecule has 0 aliphatic heterocycles. The lowest BCUT2D eigenvalue weighted by molar-refractivity contribution is -0.121. The smallest absolute Gasteiger partial charge is 0.407 e. The van der Waals surface area contributed by atoms with Crippen LogP contribution in [0.4, 0.5) is 4.79 Å². The first-order valence-electron chi connectivity index (χ1n) is 15.3. The third kappa shape index (κ3) is 7.82. The van der Waals surface area contributed by atoms with Gasteiger partial charge in [-0.05, 0) is 46.7 Å². The fourth-order valence-electron chi connectivity index (χ4n) is 5.92. The molecular formula is C37H42N2O3Si. The Labute approximate surface area is 256 Å². The van der Waals surface area contributed by atoms with E-state index in [4.69, 9.17) is 4.74 Å². The lowest BCUT2D eigenvalue weighted by Crippen LogP contribution is -2.41. The first kappa shape index (κ1) is 30.3. The Morgan fingerprint density at radius 2 is 1.37 bits per heavy atom. The molecule has 0 fully saturated rings. The number of nitrogens with one attached hydrogen (secondary N) is 2. The third-order valence-corrected chi connectivity index (χ3v) is 12.1. The molecule has 5 nitrogen and oxygen atoms in total. The summed E-state index contributed by atoms with van der Waals surface area (Å²) in [4.78, 5) is 24.8. The highest BCUT2D eigenvalue weighted by atomic mass is 28.3. The van der Waals surface area contributed by atoms with E-state index in [9.17, 15) is 9.59 Å². The maximum Gasteiger partial charge on any atom is 0.407 e. The molecule has 1 aliphatic carbocycles.